The summed E-state index contributed by atoms with van der Waals surface area (Å²) in [5.74, 6) is 0.259. The Labute approximate surface area is 121 Å². The van der Waals surface area contributed by atoms with E-state index in [9.17, 15) is 4.79 Å². The number of furan rings is 1. The highest BCUT2D eigenvalue weighted by Gasteiger charge is 2.23. The summed E-state index contributed by atoms with van der Waals surface area (Å²) in [6.07, 6.45) is 0. The van der Waals surface area contributed by atoms with Crippen LogP contribution in [0.4, 0.5) is 0 Å². The molecule has 3 aromatic rings. The minimum absolute atomic E-state index is 0.184. The summed E-state index contributed by atoms with van der Waals surface area (Å²) in [6.45, 7) is 0. The zero-order chi connectivity index (χ0) is 14.8. The molecule has 0 unspecified atom stereocenters. The highest BCUT2D eigenvalue weighted by Crippen LogP contribution is 2.39. The van der Waals surface area contributed by atoms with Crippen LogP contribution in [0.3, 0.4) is 0 Å². The smallest absolute Gasteiger partial charge is 0.374 e. The number of carbonyl (C=O) groups excluding carboxylic acids is 1. The van der Waals surface area contributed by atoms with Crippen molar-refractivity contribution in [2.24, 2.45) is 0 Å². The van der Waals surface area contributed by atoms with Crippen LogP contribution in [-0.2, 0) is 4.74 Å². The lowest BCUT2D eigenvalue weighted by Gasteiger charge is -2.02. The van der Waals surface area contributed by atoms with E-state index >= 15 is 0 Å². The lowest BCUT2D eigenvalue weighted by Crippen LogP contribution is -2.00. The molecule has 0 bridgehead atoms. The predicted octanol–water partition coefficient (Wildman–Crippen LogP) is 3.90. The quantitative estimate of drug-likeness (QED) is 0.684. The number of hydrogen-bond acceptors (Lipinski definition) is 4. The summed E-state index contributed by atoms with van der Waals surface area (Å²) in [6, 6.07) is 15.2. The molecule has 1 aromatic heterocycles. The second-order valence-electron chi connectivity index (χ2n) is 4.50. The molecule has 3 rings (SSSR count). The van der Waals surface area contributed by atoms with E-state index in [0.717, 1.165) is 16.5 Å². The van der Waals surface area contributed by atoms with E-state index < -0.39 is 5.97 Å². The fourth-order valence-corrected chi connectivity index (χ4v) is 2.38. The Morgan fingerprint density at radius 1 is 1.00 bits per heavy atom. The van der Waals surface area contributed by atoms with Crippen LogP contribution in [0.15, 0.2) is 52.9 Å². The molecule has 0 N–H and O–H groups in total. The number of methoxy groups -OCH3 is 2. The van der Waals surface area contributed by atoms with Crippen molar-refractivity contribution < 1.29 is 18.7 Å². The summed E-state index contributed by atoms with van der Waals surface area (Å²) < 4.78 is 15.9. The molecular formula is C17H14O4. The molecule has 0 atom stereocenters. The third-order valence-electron chi connectivity index (χ3n) is 3.33. The minimum Gasteiger partial charge on any atom is -0.493 e. The van der Waals surface area contributed by atoms with Gasteiger partial charge in [-0.25, -0.2) is 4.79 Å². The first-order valence-electron chi connectivity index (χ1n) is 6.49. The molecule has 0 spiro atoms. The third-order valence-corrected chi connectivity index (χ3v) is 3.33. The van der Waals surface area contributed by atoms with E-state index in [2.05, 4.69) is 0 Å². The molecule has 4 heteroatoms. The van der Waals surface area contributed by atoms with Gasteiger partial charge >= 0.3 is 5.97 Å². The monoisotopic (exact) mass is 282 g/mol. The molecule has 0 saturated heterocycles. The van der Waals surface area contributed by atoms with Crippen molar-refractivity contribution in [1.29, 1.82) is 0 Å². The average molecular weight is 282 g/mol. The molecule has 2 aromatic carbocycles. The van der Waals surface area contributed by atoms with Crippen molar-refractivity contribution in [2.75, 3.05) is 14.2 Å². The molecule has 0 amide bonds. The Morgan fingerprint density at radius 2 is 1.76 bits per heavy atom. The number of fused-ring (bicyclic) bond motifs is 1. The maximum absolute atomic E-state index is 12.0. The van der Waals surface area contributed by atoms with E-state index in [4.69, 9.17) is 13.9 Å². The molecular weight excluding hydrogens is 268 g/mol. The molecule has 0 saturated carbocycles. The van der Waals surface area contributed by atoms with Gasteiger partial charge in [0.2, 0.25) is 5.76 Å². The van der Waals surface area contributed by atoms with Crippen molar-refractivity contribution in [2.45, 2.75) is 0 Å². The topological polar surface area (TPSA) is 48.7 Å². The van der Waals surface area contributed by atoms with Gasteiger partial charge < -0.3 is 13.9 Å². The first-order chi connectivity index (χ1) is 10.3. The SMILES string of the molecule is COC(=O)c1oc2c(OC)cccc2c1-c1ccccc1. The van der Waals surface area contributed by atoms with Gasteiger partial charge in [-0.05, 0) is 11.6 Å². The van der Waals surface area contributed by atoms with E-state index in [1.54, 1.807) is 13.2 Å². The van der Waals surface area contributed by atoms with Gasteiger partial charge in [-0.3, -0.25) is 0 Å². The van der Waals surface area contributed by atoms with E-state index in [1.807, 2.05) is 42.5 Å². The van der Waals surface area contributed by atoms with Crippen LogP contribution in [0.5, 0.6) is 5.75 Å². The number of carbonyl (C=O) groups is 1. The van der Waals surface area contributed by atoms with Crippen molar-refractivity contribution in [3.05, 3.63) is 54.3 Å². The molecule has 1 heterocycles. The molecule has 0 aliphatic rings. The van der Waals surface area contributed by atoms with E-state index in [0.29, 0.717) is 11.3 Å². The number of rotatable bonds is 3. The lowest BCUT2D eigenvalue weighted by molar-refractivity contribution is 0.0569. The Bertz CT molecular complexity index is 787. The Kier molecular flexibility index (Phi) is 3.36. The van der Waals surface area contributed by atoms with Gasteiger partial charge in [-0.1, -0.05) is 42.5 Å². The number of ether oxygens (including phenoxy) is 2. The van der Waals surface area contributed by atoms with Gasteiger partial charge in [-0.15, -0.1) is 0 Å². The van der Waals surface area contributed by atoms with Gasteiger partial charge in [0.15, 0.2) is 11.3 Å². The van der Waals surface area contributed by atoms with Crippen LogP contribution in [-0.4, -0.2) is 20.2 Å². The molecule has 0 aliphatic heterocycles. The van der Waals surface area contributed by atoms with Crippen LogP contribution in [0.2, 0.25) is 0 Å². The molecule has 106 valence electrons. The highest BCUT2D eigenvalue weighted by molar-refractivity contribution is 6.07. The summed E-state index contributed by atoms with van der Waals surface area (Å²) in [7, 11) is 2.90. The van der Waals surface area contributed by atoms with Gasteiger partial charge in [-0.2, -0.15) is 0 Å². The van der Waals surface area contributed by atoms with E-state index in [-0.39, 0.29) is 5.76 Å². The Morgan fingerprint density at radius 3 is 2.43 bits per heavy atom. The summed E-state index contributed by atoms with van der Waals surface area (Å²) >= 11 is 0. The maximum atomic E-state index is 12.0. The van der Waals surface area contributed by atoms with Crippen molar-refractivity contribution in [3.8, 4) is 16.9 Å². The van der Waals surface area contributed by atoms with Gasteiger partial charge in [0.05, 0.1) is 14.2 Å². The largest absolute Gasteiger partial charge is 0.493 e. The first kappa shape index (κ1) is 13.2. The number of para-hydroxylation sites is 1. The molecule has 4 nitrogen and oxygen atoms in total. The average Bonchev–Trinajstić information content (AvgIpc) is 2.94. The highest BCUT2D eigenvalue weighted by atomic mass is 16.5. The van der Waals surface area contributed by atoms with Crippen molar-refractivity contribution in [1.82, 2.24) is 0 Å². The fraction of sp³-hybridized carbons (Fsp3) is 0.118. The first-order valence-corrected chi connectivity index (χ1v) is 6.49. The van der Waals surface area contributed by atoms with Crippen LogP contribution in [0.1, 0.15) is 10.6 Å². The minimum atomic E-state index is -0.507. The zero-order valence-electron chi connectivity index (χ0n) is 11.8. The standard InChI is InChI=1S/C17H14O4/c1-19-13-10-6-9-12-14(11-7-4-3-5-8-11)16(17(18)20-2)21-15(12)13/h3-10H,1-2H3. The number of esters is 1. The van der Waals surface area contributed by atoms with Crippen LogP contribution < -0.4 is 4.74 Å². The number of benzene rings is 2. The van der Waals surface area contributed by atoms with Crippen LogP contribution in [0.25, 0.3) is 22.1 Å². The molecule has 0 fully saturated rings. The summed E-state index contributed by atoms with van der Waals surface area (Å²) in [5, 5.41) is 0.820. The Hall–Kier alpha value is -2.75. The summed E-state index contributed by atoms with van der Waals surface area (Å²) in [4.78, 5) is 12.0. The molecule has 21 heavy (non-hydrogen) atoms. The van der Waals surface area contributed by atoms with E-state index in [1.165, 1.54) is 7.11 Å². The normalized spacial score (nSPS) is 10.6. The van der Waals surface area contributed by atoms with Gasteiger partial charge in [0, 0.05) is 10.9 Å². The van der Waals surface area contributed by atoms with Gasteiger partial charge in [0.1, 0.15) is 0 Å². The lowest BCUT2D eigenvalue weighted by atomic mass is 10.0. The van der Waals surface area contributed by atoms with Crippen molar-refractivity contribution in [3.63, 3.8) is 0 Å². The second-order valence-corrected chi connectivity index (χ2v) is 4.50. The van der Waals surface area contributed by atoms with Crippen LogP contribution in [0, 0.1) is 0 Å². The molecule has 0 aliphatic carbocycles. The zero-order valence-corrected chi connectivity index (χ0v) is 11.8. The third kappa shape index (κ3) is 2.14. The van der Waals surface area contributed by atoms with Crippen LogP contribution >= 0.6 is 0 Å². The van der Waals surface area contributed by atoms with Crippen molar-refractivity contribution >= 4 is 16.9 Å². The Balaban J connectivity index is 2.37. The van der Waals surface area contributed by atoms with Gasteiger partial charge in [0.25, 0.3) is 0 Å². The number of hydrogen-bond donors (Lipinski definition) is 0. The predicted molar refractivity (Wildman–Crippen MR) is 79.5 cm³/mol. The maximum Gasteiger partial charge on any atom is 0.374 e. The molecule has 0 radical (unpaired) electrons. The summed E-state index contributed by atoms with van der Waals surface area (Å²) in [5.41, 5.74) is 2.15. The second kappa shape index (κ2) is 5.32. The fourth-order valence-electron chi connectivity index (χ4n) is 2.38.